The van der Waals surface area contributed by atoms with Gasteiger partial charge in [-0.2, -0.15) is 18.3 Å². The quantitative estimate of drug-likeness (QED) is 0.690. The monoisotopic (exact) mass is 328 g/mol. The van der Waals surface area contributed by atoms with E-state index in [9.17, 15) is 28.1 Å². The number of rotatable bonds is 4. The molecule has 2 aromatic rings. The molecule has 1 N–H and O–H groups in total. The first-order valence-electron chi connectivity index (χ1n) is 6.32. The predicted molar refractivity (Wildman–Crippen MR) is 73.7 cm³/mol. The summed E-state index contributed by atoms with van der Waals surface area (Å²) < 4.78 is 38.0. The number of benzene rings is 1. The average molecular weight is 328 g/mol. The molecule has 0 saturated heterocycles. The lowest BCUT2D eigenvalue weighted by Gasteiger charge is -2.06. The van der Waals surface area contributed by atoms with Gasteiger partial charge in [-0.05, 0) is 19.1 Å². The molecule has 0 aliphatic heterocycles. The number of hydrogen-bond acceptors (Lipinski definition) is 4. The van der Waals surface area contributed by atoms with Crippen molar-refractivity contribution in [1.82, 2.24) is 9.78 Å². The second-order valence-corrected chi connectivity index (χ2v) is 4.70. The Morgan fingerprint density at radius 3 is 2.65 bits per heavy atom. The lowest BCUT2D eigenvalue weighted by Crippen LogP contribution is -2.19. The van der Waals surface area contributed by atoms with Crippen LogP contribution in [0.4, 0.5) is 24.5 Å². The van der Waals surface area contributed by atoms with Crippen LogP contribution in [0.1, 0.15) is 11.3 Å². The van der Waals surface area contributed by atoms with Crippen molar-refractivity contribution in [1.29, 1.82) is 0 Å². The lowest BCUT2D eigenvalue weighted by atomic mass is 10.2. The van der Waals surface area contributed by atoms with Crippen LogP contribution in [0.3, 0.4) is 0 Å². The van der Waals surface area contributed by atoms with Gasteiger partial charge in [0.15, 0.2) is 5.69 Å². The molecule has 0 unspecified atom stereocenters. The molecule has 23 heavy (non-hydrogen) atoms. The molecule has 10 heteroatoms. The van der Waals surface area contributed by atoms with E-state index in [0.29, 0.717) is 5.56 Å². The molecule has 7 nitrogen and oxygen atoms in total. The van der Waals surface area contributed by atoms with Crippen LogP contribution in [-0.4, -0.2) is 20.6 Å². The molecule has 1 heterocycles. The van der Waals surface area contributed by atoms with E-state index in [1.165, 1.54) is 18.2 Å². The van der Waals surface area contributed by atoms with Crippen molar-refractivity contribution in [2.24, 2.45) is 0 Å². The molecule has 0 aliphatic rings. The molecular formula is C13H11F3N4O3. The third kappa shape index (κ3) is 4.05. The molecular weight excluding hydrogens is 317 g/mol. The van der Waals surface area contributed by atoms with Gasteiger partial charge < -0.3 is 5.32 Å². The minimum absolute atomic E-state index is 0.166. The number of anilines is 1. The summed E-state index contributed by atoms with van der Waals surface area (Å²) in [6.07, 6.45) is -3.56. The number of halogens is 3. The lowest BCUT2D eigenvalue weighted by molar-refractivity contribution is -0.385. The first-order valence-corrected chi connectivity index (χ1v) is 6.32. The van der Waals surface area contributed by atoms with Crippen molar-refractivity contribution in [3.8, 4) is 0 Å². The van der Waals surface area contributed by atoms with E-state index >= 15 is 0 Å². The largest absolute Gasteiger partial charge is 0.435 e. The fourth-order valence-electron chi connectivity index (χ4n) is 1.83. The third-order valence-electron chi connectivity index (χ3n) is 2.93. The van der Waals surface area contributed by atoms with Gasteiger partial charge in [-0.25, -0.2) is 0 Å². The van der Waals surface area contributed by atoms with Gasteiger partial charge in [-0.1, -0.05) is 6.07 Å². The number of carbonyl (C=O) groups excluding carboxylic acids is 1. The van der Waals surface area contributed by atoms with Crippen LogP contribution in [0.25, 0.3) is 0 Å². The molecule has 0 aliphatic carbocycles. The molecule has 0 spiro atoms. The SMILES string of the molecule is Cc1ccc(NC(=O)Cn2ccc(C(F)(F)F)n2)cc1[N+](=O)[O-]. The van der Waals surface area contributed by atoms with Gasteiger partial charge in [-0.3, -0.25) is 19.6 Å². The Morgan fingerprint density at radius 2 is 2.09 bits per heavy atom. The summed E-state index contributed by atoms with van der Waals surface area (Å²) in [6.45, 7) is 1.10. The van der Waals surface area contributed by atoms with E-state index < -0.39 is 29.2 Å². The standard InChI is InChI=1S/C13H11F3N4O3/c1-8-2-3-9(6-10(8)20(22)23)17-12(21)7-19-5-4-11(18-19)13(14,15)16/h2-6H,7H2,1H3,(H,17,21). The second kappa shape index (κ2) is 6.07. The van der Waals surface area contributed by atoms with E-state index in [-0.39, 0.29) is 11.4 Å². The fraction of sp³-hybridized carbons (Fsp3) is 0.231. The second-order valence-electron chi connectivity index (χ2n) is 4.70. The number of alkyl halides is 3. The van der Waals surface area contributed by atoms with E-state index in [1.807, 2.05) is 0 Å². The summed E-state index contributed by atoms with van der Waals surface area (Å²) in [5.74, 6) is -0.653. The van der Waals surface area contributed by atoms with Crippen molar-refractivity contribution in [3.05, 3.63) is 51.8 Å². The van der Waals surface area contributed by atoms with Crippen LogP contribution in [0.15, 0.2) is 30.5 Å². The van der Waals surface area contributed by atoms with Crippen LogP contribution < -0.4 is 5.32 Å². The molecule has 1 aromatic carbocycles. The number of aryl methyl sites for hydroxylation is 1. The summed E-state index contributed by atoms with van der Waals surface area (Å²) in [5.41, 5.74) is -0.664. The average Bonchev–Trinajstić information content (AvgIpc) is 2.89. The Morgan fingerprint density at radius 1 is 1.39 bits per heavy atom. The van der Waals surface area contributed by atoms with Gasteiger partial charge in [-0.15, -0.1) is 0 Å². The molecule has 122 valence electrons. The minimum atomic E-state index is -4.58. The number of amides is 1. The smallest absolute Gasteiger partial charge is 0.324 e. The van der Waals surface area contributed by atoms with Crippen molar-refractivity contribution < 1.29 is 22.9 Å². The molecule has 0 saturated carbocycles. The van der Waals surface area contributed by atoms with Crippen LogP contribution in [0.5, 0.6) is 0 Å². The Kier molecular flexibility index (Phi) is 4.34. The topological polar surface area (TPSA) is 90.1 Å². The maximum absolute atomic E-state index is 12.4. The van der Waals surface area contributed by atoms with Crippen LogP contribution in [0.2, 0.25) is 0 Å². The van der Waals surface area contributed by atoms with Crippen molar-refractivity contribution in [2.45, 2.75) is 19.6 Å². The Labute approximate surface area is 127 Å². The highest BCUT2D eigenvalue weighted by Crippen LogP contribution is 2.27. The normalized spacial score (nSPS) is 11.3. The highest BCUT2D eigenvalue weighted by Gasteiger charge is 2.33. The number of nitrogens with one attached hydrogen (secondary N) is 1. The molecule has 1 amide bonds. The zero-order valence-electron chi connectivity index (χ0n) is 11.8. The number of aromatic nitrogens is 2. The van der Waals surface area contributed by atoms with Crippen molar-refractivity contribution in [3.63, 3.8) is 0 Å². The Bertz CT molecular complexity index is 755. The van der Waals surface area contributed by atoms with Gasteiger partial charge >= 0.3 is 6.18 Å². The zero-order chi connectivity index (χ0) is 17.2. The van der Waals surface area contributed by atoms with Gasteiger partial charge in [0.25, 0.3) is 5.69 Å². The molecule has 0 atom stereocenters. The number of hydrogen-bond donors (Lipinski definition) is 1. The summed E-state index contributed by atoms with van der Waals surface area (Å²) in [5, 5.41) is 16.4. The molecule has 2 rings (SSSR count). The molecule has 0 radical (unpaired) electrons. The van der Waals surface area contributed by atoms with E-state index in [1.54, 1.807) is 6.92 Å². The number of nitro groups is 1. The van der Waals surface area contributed by atoms with E-state index in [2.05, 4.69) is 10.4 Å². The summed E-state index contributed by atoms with van der Waals surface area (Å²) >= 11 is 0. The molecule has 0 bridgehead atoms. The van der Waals surface area contributed by atoms with Crippen molar-refractivity contribution >= 4 is 17.3 Å². The first-order chi connectivity index (χ1) is 10.7. The third-order valence-corrected chi connectivity index (χ3v) is 2.93. The Hall–Kier alpha value is -2.91. The number of nitrogens with zero attached hydrogens (tertiary/aromatic N) is 3. The predicted octanol–water partition coefficient (Wildman–Crippen LogP) is 2.76. The van der Waals surface area contributed by atoms with Crippen LogP contribution >= 0.6 is 0 Å². The highest BCUT2D eigenvalue weighted by atomic mass is 19.4. The first kappa shape index (κ1) is 16.5. The minimum Gasteiger partial charge on any atom is -0.324 e. The van der Waals surface area contributed by atoms with Gasteiger partial charge in [0, 0.05) is 23.5 Å². The fourth-order valence-corrected chi connectivity index (χ4v) is 1.83. The molecule has 1 aromatic heterocycles. The molecule has 0 fully saturated rings. The van der Waals surface area contributed by atoms with E-state index in [0.717, 1.165) is 16.9 Å². The van der Waals surface area contributed by atoms with Crippen molar-refractivity contribution in [2.75, 3.05) is 5.32 Å². The maximum Gasteiger partial charge on any atom is 0.435 e. The van der Waals surface area contributed by atoms with E-state index in [4.69, 9.17) is 0 Å². The zero-order valence-corrected chi connectivity index (χ0v) is 11.8. The van der Waals surface area contributed by atoms with Gasteiger partial charge in [0.1, 0.15) is 6.54 Å². The van der Waals surface area contributed by atoms with Crippen LogP contribution in [0, 0.1) is 17.0 Å². The Balaban J connectivity index is 2.07. The maximum atomic E-state index is 12.4. The van der Waals surface area contributed by atoms with Gasteiger partial charge in [0.05, 0.1) is 4.92 Å². The number of carbonyl (C=O) groups is 1. The summed E-state index contributed by atoms with van der Waals surface area (Å²) in [7, 11) is 0. The van der Waals surface area contributed by atoms with Crippen LogP contribution in [-0.2, 0) is 17.5 Å². The van der Waals surface area contributed by atoms with Gasteiger partial charge in [0.2, 0.25) is 5.91 Å². The summed E-state index contributed by atoms with van der Waals surface area (Å²) in [6, 6.07) is 4.86. The number of nitro benzene ring substituents is 1. The highest BCUT2D eigenvalue weighted by molar-refractivity contribution is 5.90. The summed E-state index contributed by atoms with van der Waals surface area (Å²) in [4.78, 5) is 22.0.